The number of hydrogen-bond donors (Lipinski definition) is 1. The van der Waals surface area contributed by atoms with E-state index in [0.717, 1.165) is 26.1 Å². The second-order valence-corrected chi connectivity index (χ2v) is 5.26. The van der Waals surface area contributed by atoms with Crippen molar-refractivity contribution in [3.8, 4) is 0 Å². The first kappa shape index (κ1) is 18.9. The number of hydrogen-bond acceptors (Lipinski definition) is 3. The summed E-state index contributed by atoms with van der Waals surface area (Å²) in [6.07, 6.45) is -4.21. The molecule has 0 aromatic rings. The molecule has 1 unspecified atom stereocenters. The average molecular weight is 308 g/mol. The molecule has 0 aromatic carbocycles. The fourth-order valence-corrected chi connectivity index (χ4v) is 2.04. The first-order valence-electron chi connectivity index (χ1n) is 6.24. The lowest BCUT2D eigenvalue weighted by atomic mass is 10.2. The van der Waals surface area contributed by atoms with Crippen molar-refractivity contribution >= 4 is 11.9 Å². The predicted molar refractivity (Wildman–Crippen MR) is 68.2 cm³/mol. The van der Waals surface area contributed by atoms with Crippen molar-refractivity contribution in [3.05, 3.63) is 0 Å². The third-order valence-electron chi connectivity index (χ3n) is 2.72. The molecule has 0 saturated carbocycles. The maximum atomic E-state index is 12.6. The van der Waals surface area contributed by atoms with Crippen LogP contribution in [0.4, 0.5) is 22.0 Å². The quantitative estimate of drug-likeness (QED) is 0.514. The summed E-state index contributed by atoms with van der Waals surface area (Å²) in [6.45, 7) is 8.26. The summed E-state index contributed by atoms with van der Waals surface area (Å²) in [4.78, 5) is 2.17. The van der Waals surface area contributed by atoms with E-state index in [4.69, 9.17) is 0 Å². The average Bonchev–Trinajstić information content (AvgIpc) is 2.31. The minimum atomic E-state index is -5.52. The highest BCUT2D eigenvalue weighted by Crippen LogP contribution is 2.42. The molecular formula is C11H21F5N2S. The predicted octanol–water partition coefficient (Wildman–Crippen LogP) is 3.89. The zero-order valence-electron chi connectivity index (χ0n) is 11.4. The van der Waals surface area contributed by atoms with Crippen LogP contribution in [0.2, 0.25) is 0 Å². The van der Waals surface area contributed by atoms with E-state index in [1.54, 1.807) is 6.92 Å². The molecule has 0 rings (SSSR count). The Morgan fingerprint density at radius 2 is 1.63 bits per heavy atom. The molecule has 0 aliphatic rings. The fraction of sp³-hybridized carbons (Fsp3) is 1.00. The molecule has 0 aliphatic heterocycles. The molecule has 0 aliphatic carbocycles. The Bertz CT molecular complexity index is 244. The van der Waals surface area contributed by atoms with Gasteiger partial charge in [0.1, 0.15) is 0 Å². The van der Waals surface area contributed by atoms with Gasteiger partial charge in [0.05, 0.1) is 0 Å². The molecule has 1 N–H and O–H groups in total. The Balaban J connectivity index is 3.91. The van der Waals surface area contributed by atoms with Gasteiger partial charge in [-0.05, 0) is 39.4 Å². The summed E-state index contributed by atoms with van der Waals surface area (Å²) in [5.74, 6) is 0. The molecule has 2 nitrogen and oxygen atoms in total. The van der Waals surface area contributed by atoms with Crippen molar-refractivity contribution in [2.75, 3.05) is 19.6 Å². The number of rotatable bonds is 9. The maximum Gasteiger partial charge on any atom is 0.465 e. The zero-order chi connectivity index (χ0) is 15.1. The second-order valence-electron chi connectivity index (χ2n) is 4.30. The van der Waals surface area contributed by atoms with Crippen LogP contribution in [0.1, 0.15) is 33.6 Å². The Kier molecular flexibility index (Phi) is 8.23. The van der Waals surface area contributed by atoms with E-state index in [-0.39, 0.29) is 0 Å². The summed E-state index contributed by atoms with van der Waals surface area (Å²) in [5.41, 5.74) is 0. The highest BCUT2D eigenvalue weighted by molar-refractivity contribution is 7.98. The van der Waals surface area contributed by atoms with Crippen molar-refractivity contribution in [2.24, 2.45) is 0 Å². The third-order valence-corrected chi connectivity index (χ3v) is 3.73. The van der Waals surface area contributed by atoms with E-state index in [9.17, 15) is 22.0 Å². The lowest BCUT2D eigenvalue weighted by Crippen LogP contribution is -2.37. The van der Waals surface area contributed by atoms with Gasteiger partial charge in [-0.25, -0.2) is 0 Å². The van der Waals surface area contributed by atoms with Crippen LogP contribution in [-0.2, 0) is 0 Å². The Labute approximate surface area is 115 Å². The van der Waals surface area contributed by atoms with Crippen molar-refractivity contribution in [1.29, 1.82) is 0 Å². The van der Waals surface area contributed by atoms with Gasteiger partial charge >= 0.3 is 11.4 Å². The number of halogens is 5. The molecule has 116 valence electrons. The van der Waals surface area contributed by atoms with Crippen LogP contribution in [0.5, 0.6) is 0 Å². The van der Waals surface area contributed by atoms with Gasteiger partial charge in [-0.15, -0.1) is 0 Å². The SMILES string of the molecule is CCN(CC)CCCC(C)NSC(F)(F)C(F)(F)F. The topological polar surface area (TPSA) is 15.3 Å². The third kappa shape index (κ3) is 7.31. The standard InChI is InChI=1S/C11H21F5N2S/c1-4-18(5-2)8-6-7-9(3)17-19-11(15,16)10(12,13)14/h9,17H,4-8H2,1-3H3. The highest BCUT2D eigenvalue weighted by Gasteiger charge is 2.58. The number of nitrogens with zero attached hydrogens (tertiary/aromatic N) is 1. The summed E-state index contributed by atoms with van der Waals surface area (Å²) in [5, 5.41) is -4.75. The molecule has 0 fully saturated rings. The van der Waals surface area contributed by atoms with E-state index in [2.05, 4.69) is 9.62 Å². The van der Waals surface area contributed by atoms with Crippen molar-refractivity contribution in [3.63, 3.8) is 0 Å². The fourth-order valence-electron chi connectivity index (χ4n) is 1.45. The molecule has 0 aromatic heterocycles. The van der Waals surface area contributed by atoms with Crippen molar-refractivity contribution in [1.82, 2.24) is 9.62 Å². The molecule has 0 saturated heterocycles. The van der Waals surface area contributed by atoms with E-state index in [1.807, 2.05) is 13.8 Å². The van der Waals surface area contributed by atoms with Gasteiger partial charge in [0, 0.05) is 18.0 Å². The van der Waals surface area contributed by atoms with E-state index in [0.29, 0.717) is 6.42 Å². The molecule has 19 heavy (non-hydrogen) atoms. The van der Waals surface area contributed by atoms with Crippen LogP contribution in [0.25, 0.3) is 0 Å². The van der Waals surface area contributed by atoms with Crippen molar-refractivity contribution in [2.45, 2.75) is 51.1 Å². The first-order valence-corrected chi connectivity index (χ1v) is 7.06. The largest absolute Gasteiger partial charge is 0.465 e. The normalized spacial score (nSPS) is 15.0. The van der Waals surface area contributed by atoms with Crippen LogP contribution in [0, 0.1) is 0 Å². The molecule has 0 radical (unpaired) electrons. The lowest BCUT2D eigenvalue weighted by molar-refractivity contribution is -0.237. The molecule has 8 heteroatoms. The molecule has 0 amide bonds. The van der Waals surface area contributed by atoms with Gasteiger partial charge in [0.2, 0.25) is 0 Å². The monoisotopic (exact) mass is 308 g/mol. The molecule has 0 bridgehead atoms. The van der Waals surface area contributed by atoms with Gasteiger partial charge in [-0.3, -0.25) is 4.72 Å². The summed E-state index contributed by atoms with van der Waals surface area (Å²) in [7, 11) is 0. The summed E-state index contributed by atoms with van der Waals surface area (Å²) >= 11 is -0.558. The minimum Gasteiger partial charge on any atom is -0.304 e. The smallest absolute Gasteiger partial charge is 0.304 e. The van der Waals surface area contributed by atoms with Crippen LogP contribution < -0.4 is 4.72 Å². The van der Waals surface area contributed by atoms with Crippen LogP contribution in [0.3, 0.4) is 0 Å². The Morgan fingerprint density at radius 3 is 2.05 bits per heavy atom. The van der Waals surface area contributed by atoms with Gasteiger partial charge in [-0.2, -0.15) is 22.0 Å². The van der Waals surface area contributed by atoms with Gasteiger partial charge < -0.3 is 4.90 Å². The first-order chi connectivity index (χ1) is 8.64. The van der Waals surface area contributed by atoms with E-state index >= 15 is 0 Å². The highest BCUT2D eigenvalue weighted by atomic mass is 32.2. The van der Waals surface area contributed by atoms with E-state index in [1.165, 1.54) is 0 Å². The lowest BCUT2D eigenvalue weighted by Gasteiger charge is -2.22. The number of alkyl halides is 5. The maximum absolute atomic E-state index is 12.6. The van der Waals surface area contributed by atoms with E-state index < -0.39 is 29.4 Å². The zero-order valence-corrected chi connectivity index (χ0v) is 12.2. The summed E-state index contributed by atoms with van der Waals surface area (Å²) < 4.78 is 63.2. The van der Waals surface area contributed by atoms with Gasteiger partial charge in [-0.1, -0.05) is 13.8 Å². The number of nitrogens with one attached hydrogen (secondary N) is 1. The molecule has 0 spiro atoms. The van der Waals surface area contributed by atoms with Crippen LogP contribution in [0.15, 0.2) is 0 Å². The molecule has 0 heterocycles. The Hall–Kier alpha value is -0.0800. The van der Waals surface area contributed by atoms with Gasteiger partial charge in [0.25, 0.3) is 0 Å². The second kappa shape index (κ2) is 8.26. The molecule has 1 atom stereocenters. The van der Waals surface area contributed by atoms with Gasteiger partial charge in [0.15, 0.2) is 0 Å². The minimum absolute atomic E-state index is 0.395. The summed E-state index contributed by atoms with van der Waals surface area (Å²) in [6, 6.07) is -0.395. The molecular weight excluding hydrogens is 287 g/mol. The van der Waals surface area contributed by atoms with Crippen molar-refractivity contribution < 1.29 is 22.0 Å². The Morgan fingerprint density at radius 1 is 1.11 bits per heavy atom. The van der Waals surface area contributed by atoms with Crippen LogP contribution >= 0.6 is 11.9 Å². The van der Waals surface area contributed by atoms with Crippen LogP contribution in [-0.4, -0.2) is 42.0 Å².